The zero-order chi connectivity index (χ0) is 20.4. The van der Waals surface area contributed by atoms with Gasteiger partial charge in [-0.3, -0.25) is 4.79 Å². The second-order valence-corrected chi connectivity index (χ2v) is 7.36. The summed E-state index contributed by atoms with van der Waals surface area (Å²) < 4.78 is 39.1. The van der Waals surface area contributed by atoms with Crippen LogP contribution in [0.4, 0.5) is 5.69 Å². The molecule has 27 heavy (non-hydrogen) atoms. The largest absolute Gasteiger partial charge is 0.493 e. The topological polar surface area (TPSA) is 117 Å². The van der Waals surface area contributed by atoms with Crippen LogP contribution in [0, 0.1) is 13.8 Å². The van der Waals surface area contributed by atoms with E-state index in [-0.39, 0.29) is 22.0 Å². The number of ether oxygens (including phenoxy) is 3. The van der Waals surface area contributed by atoms with Gasteiger partial charge in [0.15, 0.2) is 11.5 Å². The lowest BCUT2D eigenvalue weighted by Crippen LogP contribution is -2.17. The summed E-state index contributed by atoms with van der Waals surface area (Å²) in [6, 6.07) is 5.89. The summed E-state index contributed by atoms with van der Waals surface area (Å²) in [5.41, 5.74) is 1.93. The van der Waals surface area contributed by atoms with E-state index in [9.17, 15) is 13.2 Å². The standard InChI is InChI=1S/C18H22N2O6S/c1-10-8-12(27(19,22)23)9-14(11(10)2)20-18(21)13-6-7-15(24-3)17(26-5)16(13)25-4/h6-9H,1-5H3,(H,20,21)(H2,19,22,23). The van der Waals surface area contributed by atoms with Gasteiger partial charge in [0.05, 0.1) is 31.8 Å². The minimum Gasteiger partial charge on any atom is -0.493 e. The van der Waals surface area contributed by atoms with Crippen molar-refractivity contribution < 1.29 is 27.4 Å². The van der Waals surface area contributed by atoms with Gasteiger partial charge in [-0.1, -0.05) is 0 Å². The minimum atomic E-state index is -3.91. The molecule has 2 aromatic rings. The first-order valence-corrected chi connectivity index (χ1v) is 9.43. The van der Waals surface area contributed by atoms with Gasteiger partial charge < -0.3 is 19.5 Å². The van der Waals surface area contributed by atoms with E-state index in [1.165, 1.54) is 39.5 Å². The molecule has 9 heteroatoms. The highest BCUT2D eigenvalue weighted by atomic mass is 32.2. The molecule has 0 spiro atoms. The Morgan fingerprint density at radius 2 is 1.63 bits per heavy atom. The van der Waals surface area contributed by atoms with Crippen LogP contribution >= 0.6 is 0 Å². The van der Waals surface area contributed by atoms with E-state index < -0.39 is 15.9 Å². The maximum absolute atomic E-state index is 12.8. The average Bonchev–Trinajstić information content (AvgIpc) is 2.62. The summed E-state index contributed by atoms with van der Waals surface area (Å²) in [5, 5.41) is 7.92. The molecule has 0 unspecified atom stereocenters. The first-order valence-electron chi connectivity index (χ1n) is 7.88. The molecule has 2 aromatic carbocycles. The fraction of sp³-hybridized carbons (Fsp3) is 0.278. The van der Waals surface area contributed by atoms with Crippen LogP contribution < -0.4 is 24.7 Å². The molecule has 0 aromatic heterocycles. The highest BCUT2D eigenvalue weighted by Gasteiger charge is 2.22. The molecule has 0 aliphatic rings. The number of amides is 1. The molecule has 0 heterocycles. The van der Waals surface area contributed by atoms with E-state index in [2.05, 4.69) is 5.32 Å². The summed E-state index contributed by atoms with van der Waals surface area (Å²) >= 11 is 0. The maximum Gasteiger partial charge on any atom is 0.259 e. The Hall–Kier alpha value is -2.78. The molecule has 0 aliphatic carbocycles. The predicted octanol–water partition coefficient (Wildman–Crippen LogP) is 2.23. The third-order valence-corrected chi connectivity index (χ3v) is 5.06. The zero-order valence-electron chi connectivity index (χ0n) is 15.7. The molecule has 0 aliphatic heterocycles. The van der Waals surface area contributed by atoms with Crippen molar-refractivity contribution >= 4 is 21.6 Å². The van der Waals surface area contributed by atoms with E-state index >= 15 is 0 Å². The summed E-state index contributed by atoms with van der Waals surface area (Å²) in [6.07, 6.45) is 0. The molecule has 0 atom stereocenters. The second kappa shape index (κ2) is 7.85. The van der Waals surface area contributed by atoms with Gasteiger partial charge in [0, 0.05) is 5.69 Å². The number of anilines is 1. The van der Waals surface area contributed by atoms with Crippen molar-refractivity contribution in [2.24, 2.45) is 5.14 Å². The predicted molar refractivity (Wildman–Crippen MR) is 101 cm³/mol. The summed E-state index contributed by atoms with van der Waals surface area (Å²) in [5.74, 6) is 0.390. The molecule has 1 amide bonds. The van der Waals surface area contributed by atoms with Crippen LogP contribution in [-0.4, -0.2) is 35.7 Å². The van der Waals surface area contributed by atoms with Gasteiger partial charge in [-0.2, -0.15) is 0 Å². The molecule has 8 nitrogen and oxygen atoms in total. The van der Waals surface area contributed by atoms with Crippen LogP contribution in [0.15, 0.2) is 29.2 Å². The third kappa shape index (κ3) is 4.15. The number of methoxy groups -OCH3 is 3. The van der Waals surface area contributed by atoms with Crippen molar-refractivity contribution in [1.82, 2.24) is 0 Å². The van der Waals surface area contributed by atoms with Crippen molar-refractivity contribution in [3.63, 3.8) is 0 Å². The van der Waals surface area contributed by atoms with Gasteiger partial charge in [0.1, 0.15) is 0 Å². The third-order valence-electron chi connectivity index (χ3n) is 4.17. The van der Waals surface area contributed by atoms with Crippen LogP contribution in [0.2, 0.25) is 0 Å². The van der Waals surface area contributed by atoms with Gasteiger partial charge in [-0.25, -0.2) is 13.6 Å². The number of aryl methyl sites for hydroxylation is 1. The minimum absolute atomic E-state index is 0.0832. The van der Waals surface area contributed by atoms with E-state index in [0.717, 1.165) is 5.56 Å². The molecule has 2 rings (SSSR count). The van der Waals surface area contributed by atoms with Crippen molar-refractivity contribution in [1.29, 1.82) is 0 Å². The van der Waals surface area contributed by atoms with Crippen molar-refractivity contribution in [2.45, 2.75) is 18.7 Å². The SMILES string of the molecule is COc1ccc(C(=O)Nc2cc(S(N)(=O)=O)cc(C)c2C)c(OC)c1OC. The highest BCUT2D eigenvalue weighted by Crippen LogP contribution is 2.40. The van der Waals surface area contributed by atoms with Gasteiger partial charge in [-0.15, -0.1) is 0 Å². The number of carbonyl (C=O) groups excluding carboxylic acids is 1. The monoisotopic (exact) mass is 394 g/mol. The van der Waals surface area contributed by atoms with Crippen LogP contribution in [0.3, 0.4) is 0 Å². The molecular weight excluding hydrogens is 372 g/mol. The normalized spacial score (nSPS) is 11.0. The first kappa shape index (κ1) is 20.5. The Balaban J connectivity index is 2.51. The van der Waals surface area contributed by atoms with Crippen LogP contribution in [0.1, 0.15) is 21.5 Å². The fourth-order valence-corrected chi connectivity index (χ4v) is 3.21. The van der Waals surface area contributed by atoms with Gasteiger partial charge in [-0.05, 0) is 49.2 Å². The summed E-state index contributed by atoms with van der Waals surface area (Å²) in [6.45, 7) is 3.50. The van der Waals surface area contributed by atoms with E-state index in [1.807, 2.05) is 0 Å². The molecule has 146 valence electrons. The molecule has 0 bridgehead atoms. The molecule has 0 radical (unpaired) electrons. The number of hydrogen-bond donors (Lipinski definition) is 2. The maximum atomic E-state index is 12.8. The number of benzene rings is 2. The molecular formula is C18H22N2O6S. The number of rotatable bonds is 6. The number of primary sulfonamides is 1. The Bertz CT molecular complexity index is 986. The van der Waals surface area contributed by atoms with E-state index in [4.69, 9.17) is 19.3 Å². The lowest BCUT2D eigenvalue weighted by molar-refractivity contribution is 0.102. The van der Waals surface area contributed by atoms with Crippen LogP contribution in [-0.2, 0) is 10.0 Å². The molecule has 0 saturated carbocycles. The first-order chi connectivity index (χ1) is 12.6. The summed E-state index contributed by atoms with van der Waals surface area (Å²) in [7, 11) is 0.408. The molecule has 3 N–H and O–H groups in total. The number of carbonyl (C=O) groups is 1. The quantitative estimate of drug-likeness (QED) is 0.776. The van der Waals surface area contributed by atoms with Crippen molar-refractivity contribution in [3.05, 3.63) is 41.0 Å². The molecule has 0 saturated heterocycles. The second-order valence-electron chi connectivity index (χ2n) is 5.79. The Morgan fingerprint density at radius 3 is 2.15 bits per heavy atom. The number of sulfonamides is 1. The van der Waals surface area contributed by atoms with Crippen molar-refractivity contribution in [2.75, 3.05) is 26.6 Å². The van der Waals surface area contributed by atoms with Crippen LogP contribution in [0.5, 0.6) is 17.2 Å². The Kier molecular flexibility index (Phi) is 5.97. The lowest BCUT2D eigenvalue weighted by atomic mass is 10.1. The number of nitrogens with two attached hydrogens (primary N) is 1. The average molecular weight is 394 g/mol. The highest BCUT2D eigenvalue weighted by molar-refractivity contribution is 7.89. The Labute approximate surface area is 158 Å². The van der Waals surface area contributed by atoms with Crippen LogP contribution in [0.25, 0.3) is 0 Å². The van der Waals surface area contributed by atoms with Crippen molar-refractivity contribution in [3.8, 4) is 17.2 Å². The number of nitrogens with one attached hydrogen (secondary N) is 1. The number of hydrogen-bond acceptors (Lipinski definition) is 6. The van der Waals surface area contributed by atoms with E-state index in [0.29, 0.717) is 17.0 Å². The van der Waals surface area contributed by atoms with Gasteiger partial charge in [0.25, 0.3) is 5.91 Å². The van der Waals surface area contributed by atoms with Gasteiger partial charge in [0.2, 0.25) is 15.8 Å². The van der Waals surface area contributed by atoms with Gasteiger partial charge >= 0.3 is 0 Å². The molecule has 0 fully saturated rings. The summed E-state index contributed by atoms with van der Waals surface area (Å²) in [4.78, 5) is 12.7. The zero-order valence-corrected chi connectivity index (χ0v) is 16.6. The smallest absolute Gasteiger partial charge is 0.259 e. The lowest BCUT2D eigenvalue weighted by Gasteiger charge is -2.17. The Morgan fingerprint density at radius 1 is 1.00 bits per heavy atom. The van der Waals surface area contributed by atoms with E-state index in [1.54, 1.807) is 19.9 Å². The fourth-order valence-electron chi connectivity index (χ4n) is 2.59.